The standard InChI is InChI=1S/C15H16O2/c1-11-8-14(9-12(2)15(11)16)17-10-13-6-4-3-5-7-13/h3-9,16H,10H2,1-2H3. The van der Waals surface area contributed by atoms with Gasteiger partial charge in [-0.1, -0.05) is 30.3 Å². The van der Waals surface area contributed by atoms with E-state index in [1.807, 2.05) is 56.3 Å². The molecule has 0 aromatic heterocycles. The first-order valence-corrected chi connectivity index (χ1v) is 5.64. The average Bonchev–Trinajstić information content (AvgIpc) is 2.34. The maximum atomic E-state index is 9.66. The predicted molar refractivity (Wildman–Crippen MR) is 68.4 cm³/mol. The summed E-state index contributed by atoms with van der Waals surface area (Å²) in [5, 5.41) is 9.66. The average molecular weight is 228 g/mol. The van der Waals surface area contributed by atoms with Crippen molar-refractivity contribution in [1.29, 1.82) is 0 Å². The Morgan fingerprint density at radius 3 is 2.18 bits per heavy atom. The molecule has 17 heavy (non-hydrogen) atoms. The fourth-order valence-electron chi connectivity index (χ4n) is 1.74. The minimum Gasteiger partial charge on any atom is -0.507 e. The van der Waals surface area contributed by atoms with Gasteiger partial charge in [0.1, 0.15) is 18.1 Å². The summed E-state index contributed by atoms with van der Waals surface area (Å²) in [6, 6.07) is 13.7. The van der Waals surface area contributed by atoms with Gasteiger partial charge in [-0.25, -0.2) is 0 Å². The molecule has 2 aromatic carbocycles. The molecule has 0 fully saturated rings. The molecule has 0 aliphatic heterocycles. The van der Waals surface area contributed by atoms with Gasteiger partial charge < -0.3 is 9.84 Å². The number of aromatic hydroxyl groups is 1. The summed E-state index contributed by atoms with van der Waals surface area (Å²) in [6.07, 6.45) is 0. The topological polar surface area (TPSA) is 29.5 Å². The number of phenols is 1. The van der Waals surface area contributed by atoms with Crippen molar-refractivity contribution in [3.05, 3.63) is 59.2 Å². The van der Waals surface area contributed by atoms with Crippen LogP contribution in [0.4, 0.5) is 0 Å². The van der Waals surface area contributed by atoms with E-state index >= 15 is 0 Å². The summed E-state index contributed by atoms with van der Waals surface area (Å²) >= 11 is 0. The molecule has 0 heterocycles. The Morgan fingerprint density at radius 1 is 1.00 bits per heavy atom. The van der Waals surface area contributed by atoms with Crippen molar-refractivity contribution in [3.8, 4) is 11.5 Å². The van der Waals surface area contributed by atoms with Crippen LogP contribution >= 0.6 is 0 Å². The van der Waals surface area contributed by atoms with Crippen LogP contribution < -0.4 is 4.74 Å². The van der Waals surface area contributed by atoms with Crippen LogP contribution in [0, 0.1) is 13.8 Å². The molecule has 88 valence electrons. The SMILES string of the molecule is Cc1cc(OCc2ccccc2)cc(C)c1O. The third-order valence-corrected chi connectivity index (χ3v) is 2.71. The molecule has 0 aliphatic rings. The van der Waals surface area contributed by atoms with Gasteiger partial charge in [0.25, 0.3) is 0 Å². The quantitative estimate of drug-likeness (QED) is 0.870. The summed E-state index contributed by atoms with van der Waals surface area (Å²) in [5.41, 5.74) is 2.82. The highest BCUT2D eigenvalue weighted by Gasteiger charge is 2.04. The van der Waals surface area contributed by atoms with E-state index in [9.17, 15) is 5.11 Å². The smallest absolute Gasteiger partial charge is 0.121 e. The molecule has 0 saturated heterocycles. The van der Waals surface area contributed by atoms with E-state index in [1.165, 1.54) is 0 Å². The molecule has 0 bridgehead atoms. The van der Waals surface area contributed by atoms with E-state index < -0.39 is 0 Å². The lowest BCUT2D eigenvalue weighted by Crippen LogP contribution is -1.96. The Labute approximate surface area is 101 Å². The molecule has 0 saturated carbocycles. The number of benzene rings is 2. The lowest BCUT2D eigenvalue weighted by Gasteiger charge is -2.10. The van der Waals surface area contributed by atoms with Gasteiger partial charge >= 0.3 is 0 Å². The van der Waals surface area contributed by atoms with Crippen LogP contribution in [0.5, 0.6) is 11.5 Å². The van der Waals surface area contributed by atoms with E-state index in [0.29, 0.717) is 12.4 Å². The summed E-state index contributed by atoms with van der Waals surface area (Å²) in [5.74, 6) is 1.14. The van der Waals surface area contributed by atoms with Gasteiger partial charge in [-0.3, -0.25) is 0 Å². The van der Waals surface area contributed by atoms with E-state index in [2.05, 4.69) is 0 Å². The molecule has 0 amide bonds. The Morgan fingerprint density at radius 2 is 1.59 bits per heavy atom. The second-order valence-electron chi connectivity index (χ2n) is 4.18. The highest BCUT2D eigenvalue weighted by molar-refractivity contribution is 5.44. The summed E-state index contributed by atoms with van der Waals surface area (Å²) in [6.45, 7) is 4.29. The zero-order valence-electron chi connectivity index (χ0n) is 10.1. The summed E-state index contributed by atoms with van der Waals surface area (Å²) in [4.78, 5) is 0. The Hall–Kier alpha value is -1.96. The van der Waals surface area contributed by atoms with Gasteiger partial charge in [0.15, 0.2) is 0 Å². The van der Waals surface area contributed by atoms with Crippen LogP contribution in [0.15, 0.2) is 42.5 Å². The Balaban J connectivity index is 2.10. The van der Waals surface area contributed by atoms with E-state index in [-0.39, 0.29) is 0 Å². The molecule has 1 N–H and O–H groups in total. The van der Waals surface area contributed by atoms with Crippen molar-refractivity contribution in [1.82, 2.24) is 0 Å². The minimum atomic E-state index is 0.345. The van der Waals surface area contributed by atoms with Gasteiger partial charge in [-0.15, -0.1) is 0 Å². The highest BCUT2D eigenvalue weighted by atomic mass is 16.5. The third kappa shape index (κ3) is 2.78. The van der Waals surface area contributed by atoms with Crippen molar-refractivity contribution in [3.63, 3.8) is 0 Å². The van der Waals surface area contributed by atoms with Crippen molar-refractivity contribution in [2.24, 2.45) is 0 Å². The van der Waals surface area contributed by atoms with Crippen LogP contribution in [0.3, 0.4) is 0 Å². The van der Waals surface area contributed by atoms with Crippen LogP contribution in [0.1, 0.15) is 16.7 Å². The normalized spacial score (nSPS) is 10.2. The number of aryl methyl sites for hydroxylation is 2. The zero-order chi connectivity index (χ0) is 12.3. The second kappa shape index (κ2) is 4.91. The highest BCUT2D eigenvalue weighted by Crippen LogP contribution is 2.27. The lowest BCUT2D eigenvalue weighted by molar-refractivity contribution is 0.305. The molecule has 2 heteroatoms. The van der Waals surface area contributed by atoms with E-state index in [1.54, 1.807) is 0 Å². The lowest BCUT2D eigenvalue weighted by atomic mass is 10.1. The molecule has 0 unspecified atom stereocenters. The second-order valence-corrected chi connectivity index (χ2v) is 4.18. The van der Waals surface area contributed by atoms with Gasteiger partial charge in [-0.05, 0) is 42.7 Å². The van der Waals surface area contributed by atoms with Crippen molar-refractivity contribution < 1.29 is 9.84 Å². The third-order valence-electron chi connectivity index (χ3n) is 2.71. The maximum Gasteiger partial charge on any atom is 0.121 e. The van der Waals surface area contributed by atoms with Crippen molar-refractivity contribution in [2.75, 3.05) is 0 Å². The van der Waals surface area contributed by atoms with Crippen molar-refractivity contribution in [2.45, 2.75) is 20.5 Å². The minimum absolute atomic E-state index is 0.345. The van der Waals surface area contributed by atoms with Crippen LogP contribution in [0.2, 0.25) is 0 Å². The monoisotopic (exact) mass is 228 g/mol. The number of hydrogen-bond acceptors (Lipinski definition) is 2. The van der Waals surface area contributed by atoms with Crippen LogP contribution in [0.25, 0.3) is 0 Å². The molecule has 0 atom stereocenters. The maximum absolute atomic E-state index is 9.66. The molecule has 0 spiro atoms. The van der Waals surface area contributed by atoms with Gasteiger partial charge in [0.2, 0.25) is 0 Å². The Kier molecular flexibility index (Phi) is 3.33. The summed E-state index contributed by atoms with van der Waals surface area (Å²) in [7, 11) is 0. The fourth-order valence-corrected chi connectivity index (χ4v) is 1.74. The molecule has 0 aliphatic carbocycles. The fraction of sp³-hybridized carbons (Fsp3) is 0.200. The van der Waals surface area contributed by atoms with E-state index in [0.717, 1.165) is 22.4 Å². The van der Waals surface area contributed by atoms with Crippen LogP contribution in [-0.2, 0) is 6.61 Å². The van der Waals surface area contributed by atoms with Crippen LogP contribution in [-0.4, -0.2) is 5.11 Å². The van der Waals surface area contributed by atoms with Gasteiger partial charge in [0, 0.05) is 0 Å². The first-order valence-electron chi connectivity index (χ1n) is 5.64. The number of ether oxygens (including phenoxy) is 1. The first-order chi connectivity index (χ1) is 8.16. The molecule has 2 rings (SSSR count). The summed E-state index contributed by atoms with van der Waals surface area (Å²) < 4.78 is 5.70. The molecule has 2 nitrogen and oxygen atoms in total. The molecule has 0 radical (unpaired) electrons. The van der Waals surface area contributed by atoms with Crippen molar-refractivity contribution >= 4 is 0 Å². The molecule has 2 aromatic rings. The number of phenolic OH excluding ortho intramolecular Hbond substituents is 1. The number of hydrogen-bond donors (Lipinski definition) is 1. The van der Waals surface area contributed by atoms with Gasteiger partial charge in [-0.2, -0.15) is 0 Å². The predicted octanol–water partition coefficient (Wildman–Crippen LogP) is 3.59. The van der Waals surface area contributed by atoms with Gasteiger partial charge in [0.05, 0.1) is 0 Å². The first kappa shape index (κ1) is 11.5. The zero-order valence-corrected chi connectivity index (χ0v) is 10.1. The number of rotatable bonds is 3. The van der Waals surface area contributed by atoms with E-state index in [4.69, 9.17) is 4.74 Å². The largest absolute Gasteiger partial charge is 0.507 e. The Bertz CT molecular complexity index is 481. The molecular weight excluding hydrogens is 212 g/mol. The molecular formula is C15H16O2.